The van der Waals surface area contributed by atoms with E-state index in [4.69, 9.17) is 8.83 Å². The topological polar surface area (TPSA) is 56.2 Å². The van der Waals surface area contributed by atoms with E-state index in [0.717, 1.165) is 27.3 Å². The molecule has 4 nitrogen and oxygen atoms in total. The second-order valence-corrected chi connectivity index (χ2v) is 4.93. The molecule has 0 atom stereocenters. The Morgan fingerprint density at radius 1 is 0.900 bits per heavy atom. The second kappa shape index (κ2) is 3.70. The number of benzene rings is 1. The second-order valence-electron chi connectivity index (χ2n) is 4.93. The number of aromatic nitrogens is 1. The van der Waals surface area contributed by atoms with E-state index < -0.39 is 0 Å². The van der Waals surface area contributed by atoms with Crippen LogP contribution in [-0.4, -0.2) is 4.98 Å². The van der Waals surface area contributed by atoms with Crippen molar-refractivity contribution in [3.8, 4) is 0 Å². The van der Waals surface area contributed by atoms with Crippen LogP contribution in [0.4, 0.5) is 0 Å². The van der Waals surface area contributed by atoms with Crippen LogP contribution in [0.25, 0.3) is 33.2 Å². The van der Waals surface area contributed by atoms with Gasteiger partial charge in [0.05, 0.1) is 0 Å². The summed E-state index contributed by atoms with van der Waals surface area (Å²) in [6, 6.07) is 9.76. The average Bonchev–Trinajstić information content (AvgIpc) is 2.81. The first-order valence-corrected chi connectivity index (χ1v) is 6.37. The molecule has 4 aromatic rings. The molecule has 0 spiro atoms. The van der Waals surface area contributed by atoms with E-state index in [9.17, 15) is 4.79 Å². The fourth-order valence-corrected chi connectivity index (χ4v) is 2.50. The summed E-state index contributed by atoms with van der Waals surface area (Å²) < 4.78 is 10.9. The van der Waals surface area contributed by atoms with Gasteiger partial charge in [0.25, 0.3) is 0 Å². The standard InChI is InChI=1S/C16H11NO3/c1-8-9(2)16(18)20-14-11(8)7-12-10-5-3-4-6-13(10)19-15(12)17-14/h3-7H,1-2H3. The van der Waals surface area contributed by atoms with Crippen LogP contribution in [0.1, 0.15) is 11.1 Å². The Bertz CT molecular complexity index is 1040. The van der Waals surface area contributed by atoms with Gasteiger partial charge in [-0.3, -0.25) is 0 Å². The van der Waals surface area contributed by atoms with Gasteiger partial charge in [0.2, 0.25) is 11.4 Å². The van der Waals surface area contributed by atoms with Gasteiger partial charge in [-0.1, -0.05) is 18.2 Å². The number of para-hydroxylation sites is 1. The van der Waals surface area contributed by atoms with Crippen LogP contribution in [0.2, 0.25) is 0 Å². The van der Waals surface area contributed by atoms with E-state index in [2.05, 4.69) is 4.98 Å². The maximum atomic E-state index is 11.7. The zero-order valence-electron chi connectivity index (χ0n) is 11.1. The maximum absolute atomic E-state index is 11.7. The van der Waals surface area contributed by atoms with Crippen molar-refractivity contribution < 1.29 is 8.83 Å². The number of pyridine rings is 1. The molecule has 0 aliphatic rings. The Morgan fingerprint density at radius 3 is 2.50 bits per heavy atom. The van der Waals surface area contributed by atoms with Gasteiger partial charge in [-0.2, -0.15) is 4.98 Å². The Morgan fingerprint density at radius 2 is 1.65 bits per heavy atom. The van der Waals surface area contributed by atoms with E-state index in [0.29, 0.717) is 17.0 Å². The zero-order valence-corrected chi connectivity index (χ0v) is 11.1. The van der Waals surface area contributed by atoms with Crippen molar-refractivity contribution in [1.29, 1.82) is 0 Å². The highest BCUT2D eigenvalue weighted by atomic mass is 16.4. The first-order chi connectivity index (χ1) is 9.65. The molecule has 0 aliphatic heterocycles. The molecule has 0 N–H and O–H groups in total. The average molecular weight is 265 g/mol. The Hall–Kier alpha value is -2.62. The fraction of sp³-hybridized carbons (Fsp3) is 0.125. The molecule has 4 heteroatoms. The molecule has 0 saturated carbocycles. The minimum absolute atomic E-state index is 0.324. The smallest absolute Gasteiger partial charge is 0.340 e. The van der Waals surface area contributed by atoms with Gasteiger partial charge >= 0.3 is 5.63 Å². The number of nitrogens with zero attached hydrogens (tertiary/aromatic N) is 1. The molecule has 0 saturated heterocycles. The van der Waals surface area contributed by atoms with Crippen molar-refractivity contribution in [3.63, 3.8) is 0 Å². The Balaban J connectivity index is 2.28. The molecule has 0 aliphatic carbocycles. The van der Waals surface area contributed by atoms with Crippen molar-refractivity contribution in [2.75, 3.05) is 0 Å². The quantitative estimate of drug-likeness (QED) is 0.486. The number of hydrogen-bond donors (Lipinski definition) is 0. The third-order valence-corrected chi connectivity index (χ3v) is 3.80. The lowest BCUT2D eigenvalue weighted by molar-refractivity contribution is 0.540. The van der Waals surface area contributed by atoms with Gasteiger partial charge in [0, 0.05) is 21.7 Å². The van der Waals surface area contributed by atoms with Crippen LogP contribution in [0.15, 0.2) is 44.0 Å². The van der Waals surface area contributed by atoms with Crippen LogP contribution in [-0.2, 0) is 0 Å². The van der Waals surface area contributed by atoms with Crippen molar-refractivity contribution in [2.24, 2.45) is 0 Å². The largest absolute Gasteiger partial charge is 0.438 e. The summed E-state index contributed by atoms with van der Waals surface area (Å²) >= 11 is 0. The first-order valence-electron chi connectivity index (χ1n) is 6.37. The van der Waals surface area contributed by atoms with Crippen molar-refractivity contribution in [2.45, 2.75) is 13.8 Å². The van der Waals surface area contributed by atoms with Gasteiger partial charge in [-0.25, -0.2) is 4.79 Å². The first kappa shape index (κ1) is 11.2. The molecule has 3 heterocycles. The van der Waals surface area contributed by atoms with Crippen LogP contribution < -0.4 is 5.63 Å². The van der Waals surface area contributed by atoms with E-state index in [1.807, 2.05) is 37.3 Å². The summed E-state index contributed by atoms with van der Waals surface area (Å²) in [6.45, 7) is 3.67. The van der Waals surface area contributed by atoms with Crippen molar-refractivity contribution in [3.05, 3.63) is 51.9 Å². The van der Waals surface area contributed by atoms with Crippen molar-refractivity contribution in [1.82, 2.24) is 4.98 Å². The third-order valence-electron chi connectivity index (χ3n) is 3.80. The SMILES string of the molecule is Cc1c(C)c2cc3c(nc2oc1=O)oc1ccccc13. The maximum Gasteiger partial charge on any atom is 0.340 e. The summed E-state index contributed by atoms with van der Waals surface area (Å²) in [4.78, 5) is 16.1. The monoisotopic (exact) mass is 265 g/mol. The molecule has 1 aromatic carbocycles. The fourth-order valence-electron chi connectivity index (χ4n) is 2.50. The normalized spacial score (nSPS) is 11.7. The molecule has 0 fully saturated rings. The zero-order chi connectivity index (χ0) is 13.9. The number of fused-ring (bicyclic) bond motifs is 4. The Kier molecular flexibility index (Phi) is 2.07. The predicted molar refractivity (Wildman–Crippen MR) is 77.0 cm³/mol. The van der Waals surface area contributed by atoms with Crippen LogP contribution in [0.3, 0.4) is 0 Å². The lowest BCUT2D eigenvalue weighted by Crippen LogP contribution is -2.06. The van der Waals surface area contributed by atoms with Crippen molar-refractivity contribution >= 4 is 33.2 Å². The molecule has 20 heavy (non-hydrogen) atoms. The van der Waals surface area contributed by atoms with Gasteiger partial charge in [0.15, 0.2) is 0 Å². The van der Waals surface area contributed by atoms with E-state index in [1.54, 1.807) is 6.92 Å². The molecule has 4 rings (SSSR count). The van der Waals surface area contributed by atoms with Crippen LogP contribution in [0, 0.1) is 13.8 Å². The van der Waals surface area contributed by atoms with E-state index >= 15 is 0 Å². The minimum Gasteiger partial charge on any atom is -0.438 e. The van der Waals surface area contributed by atoms with Gasteiger partial charge in [-0.15, -0.1) is 0 Å². The summed E-state index contributed by atoms with van der Waals surface area (Å²) in [5.41, 5.74) is 2.76. The molecular formula is C16H11NO3. The number of aryl methyl sites for hydroxylation is 1. The van der Waals surface area contributed by atoms with E-state index in [1.165, 1.54) is 0 Å². The molecule has 0 radical (unpaired) electrons. The molecule has 0 bridgehead atoms. The predicted octanol–water partition coefficient (Wildman–Crippen LogP) is 3.70. The Labute approximate surface area is 113 Å². The number of rotatable bonds is 0. The molecule has 3 aromatic heterocycles. The molecule has 98 valence electrons. The number of furan rings is 1. The van der Waals surface area contributed by atoms with Gasteiger partial charge in [-0.05, 0) is 31.5 Å². The highest BCUT2D eigenvalue weighted by Gasteiger charge is 2.14. The summed E-state index contributed by atoms with van der Waals surface area (Å²) in [5, 5.41) is 2.80. The molecule has 0 amide bonds. The summed E-state index contributed by atoms with van der Waals surface area (Å²) in [7, 11) is 0. The van der Waals surface area contributed by atoms with Crippen LogP contribution >= 0.6 is 0 Å². The highest BCUT2D eigenvalue weighted by molar-refractivity contribution is 6.07. The van der Waals surface area contributed by atoms with Crippen LogP contribution in [0.5, 0.6) is 0 Å². The molecular weight excluding hydrogens is 254 g/mol. The van der Waals surface area contributed by atoms with Gasteiger partial charge in [0.1, 0.15) is 5.58 Å². The minimum atomic E-state index is -0.349. The lowest BCUT2D eigenvalue weighted by atomic mass is 10.1. The number of hydrogen-bond acceptors (Lipinski definition) is 4. The van der Waals surface area contributed by atoms with E-state index in [-0.39, 0.29) is 5.63 Å². The summed E-state index contributed by atoms with van der Waals surface area (Å²) in [6.07, 6.45) is 0. The molecule has 0 unspecified atom stereocenters. The van der Waals surface area contributed by atoms with Gasteiger partial charge < -0.3 is 8.83 Å². The third kappa shape index (κ3) is 1.36. The highest BCUT2D eigenvalue weighted by Crippen LogP contribution is 2.30. The lowest BCUT2D eigenvalue weighted by Gasteiger charge is -2.02. The summed E-state index contributed by atoms with van der Waals surface area (Å²) in [5.74, 6) is 0.